The van der Waals surface area contributed by atoms with Crippen LogP contribution in [0.3, 0.4) is 0 Å². The molecule has 0 atom stereocenters. The van der Waals surface area contributed by atoms with Crippen molar-refractivity contribution in [2.24, 2.45) is 11.8 Å². The quantitative estimate of drug-likeness (QED) is 0.810. The van der Waals surface area contributed by atoms with E-state index >= 15 is 0 Å². The summed E-state index contributed by atoms with van der Waals surface area (Å²) in [6.45, 7) is 6.22. The van der Waals surface area contributed by atoms with E-state index in [4.69, 9.17) is 0 Å². The summed E-state index contributed by atoms with van der Waals surface area (Å²) in [5.74, 6) is 1.96. The van der Waals surface area contributed by atoms with Crippen LogP contribution < -0.4 is 5.32 Å². The van der Waals surface area contributed by atoms with Crippen LogP contribution in [0.2, 0.25) is 0 Å². The third-order valence-corrected chi connectivity index (χ3v) is 4.96. The largest absolute Gasteiger partial charge is 0.314 e. The van der Waals surface area contributed by atoms with Crippen LogP contribution in [0.1, 0.15) is 51.9 Å². The first-order valence-electron chi connectivity index (χ1n) is 7.69. The fourth-order valence-corrected chi connectivity index (χ4v) is 3.37. The normalized spacial score (nSPS) is 32.8. The Morgan fingerprint density at radius 3 is 2.18 bits per heavy atom. The highest BCUT2D eigenvalue weighted by Crippen LogP contribution is 2.26. The summed E-state index contributed by atoms with van der Waals surface area (Å²) in [5.41, 5.74) is 0. The van der Waals surface area contributed by atoms with Crippen molar-refractivity contribution < 1.29 is 0 Å². The number of likely N-dealkylation sites (tertiary alicyclic amines) is 1. The molecule has 0 aromatic carbocycles. The Morgan fingerprint density at radius 2 is 1.59 bits per heavy atom. The van der Waals surface area contributed by atoms with Crippen molar-refractivity contribution >= 4 is 0 Å². The van der Waals surface area contributed by atoms with Crippen molar-refractivity contribution in [3.8, 4) is 0 Å². The van der Waals surface area contributed by atoms with E-state index in [2.05, 4.69) is 24.2 Å². The molecule has 0 spiro atoms. The minimum Gasteiger partial charge on any atom is -0.314 e. The summed E-state index contributed by atoms with van der Waals surface area (Å²) in [4.78, 5) is 2.46. The van der Waals surface area contributed by atoms with Crippen molar-refractivity contribution in [3.63, 3.8) is 0 Å². The molecule has 2 rings (SSSR count). The van der Waals surface area contributed by atoms with Crippen LogP contribution in [0.5, 0.6) is 0 Å². The molecule has 0 radical (unpaired) electrons. The lowest BCUT2D eigenvalue weighted by atomic mass is 9.84. The molecule has 17 heavy (non-hydrogen) atoms. The lowest BCUT2D eigenvalue weighted by Crippen LogP contribution is -2.40. The van der Waals surface area contributed by atoms with Gasteiger partial charge in [0.05, 0.1) is 0 Å². The van der Waals surface area contributed by atoms with E-state index in [1.165, 1.54) is 64.6 Å². The van der Waals surface area contributed by atoms with Crippen LogP contribution in [-0.4, -0.2) is 37.6 Å². The zero-order valence-electron chi connectivity index (χ0n) is 11.8. The predicted octanol–water partition coefficient (Wildman–Crippen LogP) is 2.89. The second-order valence-corrected chi connectivity index (χ2v) is 6.28. The van der Waals surface area contributed by atoms with Gasteiger partial charge in [-0.1, -0.05) is 13.3 Å². The van der Waals surface area contributed by atoms with Crippen molar-refractivity contribution in [2.45, 2.75) is 57.9 Å². The first kappa shape index (κ1) is 13.4. The Balaban J connectivity index is 1.59. The number of nitrogens with one attached hydrogen (secondary N) is 1. The minimum atomic E-state index is 0.831. The maximum atomic E-state index is 3.83. The molecule has 1 saturated heterocycles. The number of piperidine rings is 1. The van der Waals surface area contributed by atoms with Gasteiger partial charge in [-0.05, 0) is 77.0 Å². The van der Waals surface area contributed by atoms with Crippen molar-refractivity contribution in [1.82, 2.24) is 10.2 Å². The van der Waals surface area contributed by atoms with E-state index in [1.54, 1.807) is 0 Å². The lowest BCUT2D eigenvalue weighted by molar-refractivity contribution is 0.204. The average Bonchev–Trinajstić information content (AvgIpc) is 2.39. The van der Waals surface area contributed by atoms with E-state index < -0.39 is 0 Å². The summed E-state index contributed by atoms with van der Waals surface area (Å²) in [6, 6.07) is 0.831. The van der Waals surface area contributed by atoms with Crippen LogP contribution in [0.4, 0.5) is 0 Å². The topological polar surface area (TPSA) is 15.3 Å². The van der Waals surface area contributed by atoms with Gasteiger partial charge in [-0.2, -0.15) is 0 Å². The average molecular weight is 238 g/mol. The van der Waals surface area contributed by atoms with Gasteiger partial charge in [0, 0.05) is 6.04 Å². The van der Waals surface area contributed by atoms with Gasteiger partial charge in [0.1, 0.15) is 0 Å². The molecule has 2 fully saturated rings. The van der Waals surface area contributed by atoms with Gasteiger partial charge in [-0.25, -0.2) is 0 Å². The highest BCUT2D eigenvalue weighted by Gasteiger charge is 2.21. The van der Waals surface area contributed by atoms with Gasteiger partial charge >= 0.3 is 0 Å². The van der Waals surface area contributed by atoms with E-state index in [9.17, 15) is 0 Å². The predicted molar refractivity (Wildman–Crippen MR) is 74.3 cm³/mol. The van der Waals surface area contributed by atoms with Crippen LogP contribution in [0, 0.1) is 11.8 Å². The van der Waals surface area contributed by atoms with E-state index in [0.717, 1.165) is 17.9 Å². The van der Waals surface area contributed by atoms with Crippen LogP contribution in [0.25, 0.3) is 0 Å². The molecule has 1 N–H and O–H groups in total. The third-order valence-electron chi connectivity index (χ3n) is 4.96. The van der Waals surface area contributed by atoms with Gasteiger partial charge < -0.3 is 10.2 Å². The molecule has 1 aliphatic heterocycles. The smallest absolute Gasteiger partial charge is 0.00673 e. The number of hydrogen-bond donors (Lipinski definition) is 1. The molecule has 1 heterocycles. The SMILES string of the molecule is CCC1CCC(NCC2CCN(C)CC2)CC1. The molecule has 2 nitrogen and oxygen atoms in total. The summed E-state index contributed by atoms with van der Waals surface area (Å²) in [5, 5.41) is 3.83. The minimum absolute atomic E-state index is 0.831. The molecule has 0 bridgehead atoms. The van der Waals surface area contributed by atoms with Gasteiger partial charge in [0.15, 0.2) is 0 Å². The van der Waals surface area contributed by atoms with Gasteiger partial charge in [0.25, 0.3) is 0 Å². The number of rotatable bonds is 4. The molecule has 0 amide bonds. The molecule has 0 aromatic rings. The zero-order valence-corrected chi connectivity index (χ0v) is 11.8. The molecule has 0 unspecified atom stereocenters. The highest BCUT2D eigenvalue weighted by molar-refractivity contribution is 4.79. The van der Waals surface area contributed by atoms with Gasteiger partial charge in [-0.15, -0.1) is 0 Å². The van der Waals surface area contributed by atoms with E-state index in [1.807, 2.05) is 0 Å². The summed E-state index contributed by atoms with van der Waals surface area (Å²) in [6.07, 6.45) is 9.95. The van der Waals surface area contributed by atoms with Crippen molar-refractivity contribution in [1.29, 1.82) is 0 Å². The second kappa shape index (κ2) is 6.75. The molecule has 2 aliphatic rings. The Kier molecular flexibility index (Phi) is 5.30. The van der Waals surface area contributed by atoms with Crippen LogP contribution in [-0.2, 0) is 0 Å². The Bertz CT molecular complexity index is 201. The fraction of sp³-hybridized carbons (Fsp3) is 1.00. The van der Waals surface area contributed by atoms with Crippen molar-refractivity contribution in [2.75, 3.05) is 26.7 Å². The van der Waals surface area contributed by atoms with Crippen LogP contribution in [0.15, 0.2) is 0 Å². The lowest BCUT2D eigenvalue weighted by Gasteiger charge is -2.32. The Morgan fingerprint density at radius 1 is 0.941 bits per heavy atom. The molecule has 0 aromatic heterocycles. The number of nitrogens with zero attached hydrogens (tertiary/aromatic N) is 1. The summed E-state index contributed by atoms with van der Waals surface area (Å²) < 4.78 is 0. The van der Waals surface area contributed by atoms with Crippen molar-refractivity contribution in [3.05, 3.63) is 0 Å². The molecule has 100 valence electrons. The monoisotopic (exact) mass is 238 g/mol. The first-order valence-corrected chi connectivity index (χ1v) is 7.69. The van der Waals surface area contributed by atoms with E-state index in [-0.39, 0.29) is 0 Å². The molecular formula is C15H30N2. The molecule has 1 saturated carbocycles. The highest BCUT2D eigenvalue weighted by atomic mass is 15.1. The maximum Gasteiger partial charge on any atom is 0.00673 e. The third kappa shape index (κ3) is 4.26. The maximum absolute atomic E-state index is 3.83. The molecule has 1 aliphatic carbocycles. The summed E-state index contributed by atoms with van der Waals surface area (Å²) >= 11 is 0. The molecule has 2 heteroatoms. The fourth-order valence-electron chi connectivity index (χ4n) is 3.37. The second-order valence-electron chi connectivity index (χ2n) is 6.28. The van der Waals surface area contributed by atoms with Crippen LogP contribution >= 0.6 is 0 Å². The Labute approximate surface area is 107 Å². The molecular weight excluding hydrogens is 208 g/mol. The standard InChI is InChI=1S/C15H30N2/c1-3-13-4-6-15(7-5-13)16-12-14-8-10-17(2)11-9-14/h13-16H,3-12H2,1-2H3. The number of hydrogen-bond acceptors (Lipinski definition) is 2. The first-order chi connectivity index (χ1) is 8.28. The Hall–Kier alpha value is -0.0800. The van der Waals surface area contributed by atoms with Gasteiger partial charge in [-0.3, -0.25) is 0 Å². The van der Waals surface area contributed by atoms with E-state index in [0.29, 0.717) is 0 Å². The zero-order chi connectivity index (χ0) is 12.1. The van der Waals surface area contributed by atoms with Gasteiger partial charge in [0.2, 0.25) is 0 Å². The summed E-state index contributed by atoms with van der Waals surface area (Å²) in [7, 11) is 2.25.